The standard InChI is InChI=1S/C25H32N2/c1-24(2,3)26-18-20-8-10-21(11-9-20)19-27-16-14-25(15-17-27)13-12-22-6-4-5-7-23(22)25/h4-13,26H,14-19H2,1-3H3. The second kappa shape index (κ2) is 7.26. The lowest BCUT2D eigenvalue weighted by atomic mass is 9.74. The van der Waals surface area contributed by atoms with Crippen LogP contribution in [0.3, 0.4) is 0 Å². The Kier molecular flexibility index (Phi) is 4.96. The van der Waals surface area contributed by atoms with Gasteiger partial charge in [0.15, 0.2) is 0 Å². The van der Waals surface area contributed by atoms with Crippen LogP contribution in [-0.4, -0.2) is 23.5 Å². The number of nitrogens with one attached hydrogen (secondary N) is 1. The Hall–Kier alpha value is -1.90. The van der Waals surface area contributed by atoms with Crippen LogP contribution < -0.4 is 5.32 Å². The van der Waals surface area contributed by atoms with Gasteiger partial charge in [-0.3, -0.25) is 4.90 Å². The maximum Gasteiger partial charge on any atom is 0.0233 e. The molecule has 0 amide bonds. The quantitative estimate of drug-likeness (QED) is 0.812. The molecule has 27 heavy (non-hydrogen) atoms. The third-order valence-electron chi connectivity index (χ3n) is 6.08. The van der Waals surface area contributed by atoms with Crippen molar-refractivity contribution in [2.24, 2.45) is 0 Å². The summed E-state index contributed by atoms with van der Waals surface area (Å²) in [5.41, 5.74) is 6.20. The molecule has 1 aliphatic carbocycles. The van der Waals surface area contributed by atoms with Crippen molar-refractivity contribution in [2.45, 2.75) is 57.7 Å². The molecule has 1 aliphatic heterocycles. The molecule has 0 unspecified atom stereocenters. The maximum atomic E-state index is 3.56. The van der Waals surface area contributed by atoms with E-state index in [1.54, 1.807) is 5.56 Å². The third-order valence-corrected chi connectivity index (χ3v) is 6.08. The molecule has 1 fully saturated rings. The molecule has 1 heterocycles. The van der Waals surface area contributed by atoms with E-state index in [-0.39, 0.29) is 11.0 Å². The van der Waals surface area contributed by atoms with Gasteiger partial charge in [0.05, 0.1) is 0 Å². The molecule has 142 valence electrons. The largest absolute Gasteiger partial charge is 0.308 e. The first-order valence-electron chi connectivity index (χ1n) is 10.3. The van der Waals surface area contributed by atoms with E-state index in [1.165, 1.54) is 42.6 Å². The van der Waals surface area contributed by atoms with E-state index in [9.17, 15) is 0 Å². The summed E-state index contributed by atoms with van der Waals surface area (Å²) in [6, 6.07) is 18.1. The van der Waals surface area contributed by atoms with Gasteiger partial charge in [0, 0.05) is 24.0 Å². The smallest absolute Gasteiger partial charge is 0.0233 e. The summed E-state index contributed by atoms with van der Waals surface area (Å²) in [5.74, 6) is 0. The summed E-state index contributed by atoms with van der Waals surface area (Å²) in [6.07, 6.45) is 7.25. The predicted molar refractivity (Wildman–Crippen MR) is 115 cm³/mol. The maximum absolute atomic E-state index is 3.56. The van der Waals surface area contributed by atoms with Crippen LogP contribution in [0.1, 0.15) is 55.9 Å². The zero-order chi connectivity index (χ0) is 18.9. The lowest BCUT2D eigenvalue weighted by Crippen LogP contribution is -2.40. The van der Waals surface area contributed by atoms with Crippen LogP contribution in [0.5, 0.6) is 0 Å². The Morgan fingerprint density at radius 1 is 0.926 bits per heavy atom. The van der Waals surface area contributed by atoms with E-state index in [2.05, 4.69) is 91.7 Å². The molecular weight excluding hydrogens is 328 g/mol. The first kappa shape index (κ1) is 18.5. The minimum Gasteiger partial charge on any atom is -0.308 e. The van der Waals surface area contributed by atoms with Crippen molar-refractivity contribution in [3.05, 3.63) is 76.9 Å². The molecule has 1 saturated heterocycles. The summed E-state index contributed by atoms with van der Waals surface area (Å²) < 4.78 is 0. The fourth-order valence-corrected chi connectivity index (χ4v) is 4.37. The van der Waals surface area contributed by atoms with Gasteiger partial charge in [-0.25, -0.2) is 0 Å². The van der Waals surface area contributed by atoms with Crippen LogP contribution >= 0.6 is 0 Å². The molecule has 2 aromatic rings. The van der Waals surface area contributed by atoms with Crippen molar-refractivity contribution in [3.63, 3.8) is 0 Å². The molecule has 0 bridgehead atoms. The Labute approximate surface area is 164 Å². The fourth-order valence-electron chi connectivity index (χ4n) is 4.37. The number of fused-ring (bicyclic) bond motifs is 2. The monoisotopic (exact) mass is 360 g/mol. The number of hydrogen-bond donors (Lipinski definition) is 1. The molecule has 1 N–H and O–H groups in total. The van der Waals surface area contributed by atoms with Crippen LogP contribution in [-0.2, 0) is 18.5 Å². The Bertz CT molecular complexity index is 803. The van der Waals surface area contributed by atoms with E-state index < -0.39 is 0 Å². The van der Waals surface area contributed by atoms with Crippen molar-refractivity contribution in [3.8, 4) is 0 Å². The van der Waals surface area contributed by atoms with Gasteiger partial charge < -0.3 is 5.32 Å². The average Bonchev–Trinajstić information content (AvgIpc) is 3.01. The highest BCUT2D eigenvalue weighted by atomic mass is 15.1. The molecule has 0 aromatic heterocycles. The summed E-state index contributed by atoms with van der Waals surface area (Å²) in [5, 5.41) is 3.56. The lowest BCUT2D eigenvalue weighted by molar-refractivity contribution is 0.177. The minimum atomic E-state index is 0.162. The average molecular weight is 361 g/mol. The summed E-state index contributed by atoms with van der Waals surface area (Å²) >= 11 is 0. The summed E-state index contributed by atoms with van der Waals surface area (Å²) in [6.45, 7) is 11.0. The van der Waals surface area contributed by atoms with Crippen molar-refractivity contribution in [1.82, 2.24) is 10.2 Å². The van der Waals surface area contributed by atoms with Crippen LogP contribution in [0.4, 0.5) is 0 Å². The minimum absolute atomic E-state index is 0.162. The molecular formula is C25H32N2. The first-order valence-corrected chi connectivity index (χ1v) is 10.3. The van der Waals surface area contributed by atoms with Gasteiger partial charge in [0.1, 0.15) is 0 Å². The second-order valence-electron chi connectivity index (χ2n) is 9.27. The molecule has 4 rings (SSSR count). The number of benzene rings is 2. The number of allylic oxidation sites excluding steroid dienone is 1. The normalized spacial score (nSPS) is 18.8. The van der Waals surface area contributed by atoms with Crippen LogP contribution in [0.25, 0.3) is 6.08 Å². The highest BCUT2D eigenvalue weighted by molar-refractivity contribution is 5.65. The number of rotatable bonds is 4. The molecule has 0 saturated carbocycles. The van der Waals surface area contributed by atoms with Crippen molar-refractivity contribution < 1.29 is 0 Å². The Morgan fingerprint density at radius 2 is 1.59 bits per heavy atom. The second-order valence-corrected chi connectivity index (χ2v) is 9.27. The molecule has 1 spiro atoms. The number of piperidine rings is 1. The van der Waals surface area contributed by atoms with E-state index in [1.807, 2.05) is 0 Å². The van der Waals surface area contributed by atoms with Crippen LogP contribution in [0.15, 0.2) is 54.6 Å². The van der Waals surface area contributed by atoms with Gasteiger partial charge in [0.25, 0.3) is 0 Å². The summed E-state index contributed by atoms with van der Waals surface area (Å²) in [7, 11) is 0. The highest BCUT2D eigenvalue weighted by Crippen LogP contribution is 2.43. The fraction of sp³-hybridized carbons (Fsp3) is 0.440. The lowest BCUT2D eigenvalue weighted by Gasteiger charge is -2.39. The highest BCUT2D eigenvalue weighted by Gasteiger charge is 2.37. The van der Waals surface area contributed by atoms with E-state index in [0.29, 0.717) is 0 Å². The number of likely N-dealkylation sites (tertiary alicyclic amines) is 1. The molecule has 2 aromatic carbocycles. The van der Waals surface area contributed by atoms with Crippen molar-refractivity contribution in [2.75, 3.05) is 13.1 Å². The number of hydrogen-bond acceptors (Lipinski definition) is 2. The first-order chi connectivity index (χ1) is 12.9. The van der Waals surface area contributed by atoms with Crippen LogP contribution in [0, 0.1) is 0 Å². The zero-order valence-corrected chi connectivity index (χ0v) is 17.0. The Morgan fingerprint density at radius 3 is 2.30 bits per heavy atom. The molecule has 2 aliphatic rings. The van der Waals surface area contributed by atoms with Gasteiger partial charge in [0.2, 0.25) is 0 Å². The van der Waals surface area contributed by atoms with Gasteiger partial charge in [-0.2, -0.15) is 0 Å². The van der Waals surface area contributed by atoms with Crippen molar-refractivity contribution >= 4 is 6.08 Å². The van der Waals surface area contributed by atoms with E-state index in [4.69, 9.17) is 0 Å². The molecule has 2 nitrogen and oxygen atoms in total. The van der Waals surface area contributed by atoms with E-state index in [0.717, 1.165) is 13.1 Å². The zero-order valence-electron chi connectivity index (χ0n) is 17.0. The number of nitrogens with zero attached hydrogens (tertiary/aromatic N) is 1. The SMILES string of the molecule is CC(C)(C)NCc1ccc(CN2CCC3(C=Cc4ccccc43)CC2)cc1. The molecule has 2 heteroatoms. The molecule has 0 radical (unpaired) electrons. The predicted octanol–water partition coefficient (Wildman–Crippen LogP) is 5.14. The molecule has 0 atom stereocenters. The third kappa shape index (κ3) is 4.17. The van der Waals surface area contributed by atoms with Crippen molar-refractivity contribution in [1.29, 1.82) is 0 Å². The van der Waals surface area contributed by atoms with Gasteiger partial charge in [-0.15, -0.1) is 0 Å². The topological polar surface area (TPSA) is 15.3 Å². The summed E-state index contributed by atoms with van der Waals surface area (Å²) in [4.78, 5) is 2.61. The van der Waals surface area contributed by atoms with Gasteiger partial charge in [-0.1, -0.05) is 60.7 Å². The van der Waals surface area contributed by atoms with Gasteiger partial charge in [-0.05, 0) is 69.0 Å². The van der Waals surface area contributed by atoms with Crippen LogP contribution in [0.2, 0.25) is 0 Å². The Balaban J connectivity index is 1.33. The van der Waals surface area contributed by atoms with E-state index >= 15 is 0 Å². The van der Waals surface area contributed by atoms with Gasteiger partial charge >= 0.3 is 0 Å².